The molecule has 0 bridgehead atoms. The monoisotopic (exact) mass is 279 g/mol. The van der Waals surface area contributed by atoms with Crippen molar-refractivity contribution in [2.45, 2.75) is 25.8 Å². The van der Waals surface area contributed by atoms with E-state index < -0.39 is 0 Å². The first-order valence-electron chi connectivity index (χ1n) is 7.97. The third-order valence-electron chi connectivity index (χ3n) is 4.61. The molecule has 3 heterocycles. The van der Waals surface area contributed by atoms with Crippen LogP contribution in [-0.4, -0.2) is 34.1 Å². The Morgan fingerprint density at radius 1 is 0.952 bits per heavy atom. The van der Waals surface area contributed by atoms with Gasteiger partial charge in [0.25, 0.3) is 0 Å². The van der Waals surface area contributed by atoms with Crippen LogP contribution in [0.25, 0.3) is 21.8 Å². The van der Waals surface area contributed by atoms with Crippen LogP contribution in [0.1, 0.15) is 19.3 Å². The fourth-order valence-corrected chi connectivity index (χ4v) is 3.47. The van der Waals surface area contributed by atoms with E-state index in [4.69, 9.17) is 0 Å². The third kappa shape index (κ3) is 2.42. The van der Waals surface area contributed by atoms with E-state index >= 15 is 0 Å². The van der Waals surface area contributed by atoms with Crippen molar-refractivity contribution in [1.29, 1.82) is 0 Å². The minimum Gasteiger partial charge on any atom is -0.346 e. The van der Waals surface area contributed by atoms with E-state index in [9.17, 15) is 0 Å². The van der Waals surface area contributed by atoms with E-state index in [0.29, 0.717) is 0 Å². The number of fused-ring (bicyclic) bond motifs is 3. The Hall–Kier alpha value is -1.87. The molecular formula is C18H21N3. The third-order valence-corrected chi connectivity index (χ3v) is 4.61. The summed E-state index contributed by atoms with van der Waals surface area (Å²) < 4.78 is 2.40. The summed E-state index contributed by atoms with van der Waals surface area (Å²) in [6.45, 7) is 4.75. The zero-order chi connectivity index (χ0) is 14.1. The van der Waals surface area contributed by atoms with Crippen molar-refractivity contribution in [2.24, 2.45) is 0 Å². The van der Waals surface area contributed by atoms with Crippen LogP contribution in [0.2, 0.25) is 0 Å². The second kappa shape index (κ2) is 5.49. The Morgan fingerprint density at radius 2 is 1.86 bits per heavy atom. The fourth-order valence-electron chi connectivity index (χ4n) is 3.47. The Kier molecular flexibility index (Phi) is 3.36. The summed E-state index contributed by atoms with van der Waals surface area (Å²) in [6.07, 6.45) is 8.22. The number of hydrogen-bond donors (Lipinski definition) is 0. The van der Waals surface area contributed by atoms with Gasteiger partial charge in [-0.3, -0.25) is 4.98 Å². The number of likely N-dealkylation sites (tertiary alicyclic amines) is 1. The lowest BCUT2D eigenvalue weighted by atomic mass is 10.1. The molecule has 1 aromatic carbocycles. The van der Waals surface area contributed by atoms with Crippen molar-refractivity contribution in [1.82, 2.24) is 14.5 Å². The molecule has 1 fully saturated rings. The zero-order valence-corrected chi connectivity index (χ0v) is 12.3. The van der Waals surface area contributed by atoms with Gasteiger partial charge in [0.1, 0.15) is 0 Å². The van der Waals surface area contributed by atoms with Crippen LogP contribution in [-0.2, 0) is 6.54 Å². The summed E-state index contributed by atoms with van der Waals surface area (Å²) >= 11 is 0. The minimum absolute atomic E-state index is 1.07. The first-order valence-corrected chi connectivity index (χ1v) is 7.97. The van der Waals surface area contributed by atoms with Crippen LogP contribution < -0.4 is 0 Å². The van der Waals surface area contributed by atoms with Crippen molar-refractivity contribution < 1.29 is 0 Å². The first kappa shape index (κ1) is 12.8. The summed E-state index contributed by atoms with van der Waals surface area (Å²) in [7, 11) is 0. The Labute approximate surface area is 125 Å². The number of piperidine rings is 1. The van der Waals surface area contributed by atoms with Crippen molar-refractivity contribution in [3.63, 3.8) is 0 Å². The summed E-state index contributed by atoms with van der Waals surface area (Å²) in [4.78, 5) is 7.07. The van der Waals surface area contributed by atoms with Crippen LogP contribution in [0.15, 0.2) is 42.7 Å². The molecule has 1 saturated heterocycles. The molecule has 1 aliphatic rings. The molecule has 21 heavy (non-hydrogen) atoms. The van der Waals surface area contributed by atoms with Crippen molar-refractivity contribution in [3.8, 4) is 0 Å². The maximum Gasteiger partial charge on any atom is 0.0723 e. The van der Waals surface area contributed by atoms with E-state index in [1.165, 1.54) is 48.6 Å². The van der Waals surface area contributed by atoms with Gasteiger partial charge in [-0.1, -0.05) is 12.5 Å². The van der Waals surface area contributed by atoms with Crippen LogP contribution in [0, 0.1) is 0 Å². The highest BCUT2D eigenvalue weighted by molar-refractivity contribution is 6.04. The molecule has 3 heteroatoms. The Morgan fingerprint density at radius 3 is 2.76 bits per heavy atom. The van der Waals surface area contributed by atoms with Crippen molar-refractivity contribution >= 4 is 21.8 Å². The second-order valence-electron chi connectivity index (χ2n) is 5.98. The van der Waals surface area contributed by atoms with Gasteiger partial charge >= 0.3 is 0 Å². The summed E-state index contributed by atoms with van der Waals surface area (Å²) in [5, 5.41) is 2.58. The molecule has 0 spiro atoms. The maximum atomic E-state index is 4.48. The lowest BCUT2D eigenvalue weighted by Crippen LogP contribution is -2.32. The summed E-state index contributed by atoms with van der Waals surface area (Å²) in [5.74, 6) is 0. The molecule has 3 aromatic rings. The predicted octanol–water partition coefficient (Wildman–Crippen LogP) is 3.68. The molecule has 1 aliphatic heterocycles. The molecule has 0 unspecified atom stereocenters. The van der Waals surface area contributed by atoms with E-state index in [1.54, 1.807) is 0 Å². The fraction of sp³-hybridized carbons (Fsp3) is 0.389. The molecule has 0 atom stereocenters. The largest absolute Gasteiger partial charge is 0.346 e. The van der Waals surface area contributed by atoms with Gasteiger partial charge in [0, 0.05) is 36.3 Å². The van der Waals surface area contributed by atoms with Crippen molar-refractivity contribution in [2.75, 3.05) is 19.6 Å². The molecular weight excluding hydrogens is 258 g/mol. The molecule has 3 nitrogen and oxygen atoms in total. The number of aromatic nitrogens is 2. The topological polar surface area (TPSA) is 21.1 Å². The van der Waals surface area contributed by atoms with Gasteiger partial charge in [-0.15, -0.1) is 0 Å². The molecule has 0 aliphatic carbocycles. The SMILES string of the molecule is c1cnc2ccc3ccn(CCN4CCCCC4)c3c2c1. The number of rotatable bonds is 3. The average molecular weight is 279 g/mol. The molecule has 0 radical (unpaired) electrons. The molecule has 2 aromatic heterocycles. The minimum atomic E-state index is 1.07. The first-order chi connectivity index (χ1) is 10.4. The lowest BCUT2D eigenvalue weighted by molar-refractivity contribution is 0.222. The van der Waals surface area contributed by atoms with Crippen molar-refractivity contribution in [3.05, 3.63) is 42.7 Å². The molecule has 108 valence electrons. The van der Waals surface area contributed by atoms with Crippen LogP contribution in [0.4, 0.5) is 0 Å². The van der Waals surface area contributed by atoms with E-state index in [1.807, 2.05) is 12.3 Å². The number of nitrogens with zero attached hydrogens (tertiary/aromatic N) is 3. The normalized spacial score (nSPS) is 16.8. The number of pyridine rings is 1. The van der Waals surface area contributed by atoms with E-state index in [0.717, 1.165) is 18.6 Å². The average Bonchev–Trinajstić information content (AvgIpc) is 2.97. The number of benzene rings is 1. The maximum absolute atomic E-state index is 4.48. The van der Waals surface area contributed by atoms with Gasteiger partial charge in [0.15, 0.2) is 0 Å². The molecule has 0 saturated carbocycles. The van der Waals surface area contributed by atoms with E-state index in [-0.39, 0.29) is 0 Å². The smallest absolute Gasteiger partial charge is 0.0723 e. The highest BCUT2D eigenvalue weighted by atomic mass is 15.1. The summed E-state index contributed by atoms with van der Waals surface area (Å²) in [6, 6.07) is 10.7. The van der Waals surface area contributed by atoms with Crippen LogP contribution in [0.3, 0.4) is 0 Å². The highest BCUT2D eigenvalue weighted by Gasteiger charge is 2.11. The second-order valence-corrected chi connectivity index (χ2v) is 5.98. The quantitative estimate of drug-likeness (QED) is 0.729. The zero-order valence-electron chi connectivity index (χ0n) is 12.3. The molecule has 0 amide bonds. The van der Waals surface area contributed by atoms with Gasteiger partial charge < -0.3 is 9.47 Å². The van der Waals surface area contributed by atoms with Gasteiger partial charge in [-0.2, -0.15) is 0 Å². The van der Waals surface area contributed by atoms with Gasteiger partial charge in [-0.25, -0.2) is 0 Å². The van der Waals surface area contributed by atoms with Crippen LogP contribution >= 0.6 is 0 Å². The molecule has 4 rings (SSSR count). The Bertz CT molecular complexity index is 753. The molecule has 0 N–H and O–H groups in total. The van der Waals surface area contributed by atoms with Gasteiger partial charge in [0.05, 0.1) is 11.0 Å². The highest BCUT2D eigenvalue weighted by Crippen LogP contribution is 2.25. The van der Waals surface area contributed by atoms with Gasteiger partial charge in [0.2, 0.25) is 0 Å². The Balaban J connectivity index is 1.66. The van der Waals surface area contributed by atoms with Gasteiger partial charge in [-0.05, 0) is 50.2 Å². The van der Waals surface area contributed by atoms with Crippen LogP contribution in [0.5, 0.6) is 0 Å². The standard InChI is InChI=1S/C18H21N3/c1-2-10-20(11-3-1)13-14-21-12-8-15-6-7-17-16(18(15)21)5-4-9-19-17/h4-9,12H,1-3,10-11,13-14H2. The summed E-state index contributed by atoms with van der Waals surface area (Å²) in [5.41, 5.74) is 2.42. The predicted molar refractivity (Wildman–Crippen MR) is 87.5 cm³/mol. The number of hydrogen-bond acceptors (Lipinski definition) is 2. The van der Waals surface area contributed by atoms with E-state index in [2.05, 4.69) is 44.9 Å². The lowest BCUT2D eigenvalue weighted by Gasteiger charge is -2.26.